The lowest BCUT2D eigenvalue weighted by atomic mass is 9.82. The molecule has 0 radical (unpaired) electrons. The summed E-state index contributed by atoms with van der Waals surface area (Å²) in [7, 11) is 3.26. The zero-order valence-corrected chi connectivity index (χ0v) is 9.87. The Bertz CT molecular complexity index is 423. The zero-order chi connectivity index (χ0) is 11.7. The highest BCUT2D eigenvalue weighted by molar-refractivity contribution is 5.88. The topological polar surface area (TPSA) is 35.5 Å². The van der Waals surface area contributed by atoms with Gasteiger partial charge < -0.3 is 9.47 Å². The Labute approximate surface area is 95.4 Å². The van der Waals surface area contributed by atoms with Gasteiger partial charge in [0.2, 0.25) is 0 Å². The number of ketones is 1. The Kier molecular flexibility index (Phi) is 2.86. The third-order valence-electron chi connectivity index (χ3n) is 3.26. The van der Waals surface area contributed by atoms with Crippen LogP contribution in [0.1, 0.15) is 30.4 Å². The van der Waals surface area contributed by atoms with E-state index >= 15 is 0 Å². The van der Waals surface area contributed by atoms with E-state index in [2.05, 4.69) is 0 Å². The predicted molar refractivity (Wildman–Crippen MR) is 61.3 cm³/mol. The van der Waals surface area contributed by atoms with E-state index in [1.807, 2.05) is 19.1 Å². The molecule has 0 bridgehead atoms. The zero-order valence-electron chi connectivity index (χ0n) is 9.87. The quantitative estimate of drug-likeness (QED) is 0.767. The maximum absolute atomic E-state index is 11.6. The summed E-state index contributed by atoms with van der Waals surface area (Å²) in [5, 5.41) is 0. The summed E-state index contributed by atoms with van der Waals surface area (Å²) < 4.78 is 10.6. The third-order valence-corrected chi connectivity index (χ3v) is 3.26. The summed E-state index contributed by atoms with van der Waals surface area (Å²) in [5.74, 6) is 1.80. The number of carbonyl (C=O) groups is 1. The lowest BCUT2D eigenvalue weighted by Gasteiger charge is -2.24. The van der Waals surface area contributed by atoms with Gasteiger partial charge >= 0.3 is 0 Å². The lowest BCUT2D eigenvalue weighted by Crippen LogP contribution is -2.18. The molecule has 0 aromatic heterocycles. The van der Waals surface area contributed by atoms with Gasteiger partial charge in [0.1, 0.15) is 5.78 Å². The Morgan fingerprint density at radius 1 is 1.19 bits per heavy atom. The van der Waals surface area contributed by atoms with Crippen molar-refractivity contribution in [3.05, 3.63) is 23.3 Å². The van der Waals surface area contributed by atoms with Crippen LogP contribution in [0, 0.1) is 0 Å². The Morgan fingerprint density at radius 2 is 1.94 bits per heavy atom. The van der Waals surface area contributed by atoms with Crippen molar-refractivity contribution in [3.8, 4) is 11.5 Å². The van der Waals surface area contributed by atoms with Crippen molar-refractivity contribution in [2.45, 2.75) is 25.7 Å². The summed E-state index contributed by atoms with van der Waals surface area (Å²) in [4.78, 5) is 11.6. The van der Waals surface area contributed by atoms with Gasteiger partial charge in [0, 0.05) is 17.9 Å². The van der Waals surface area contributed by atoms with E-state index in [-0.39, 0.29) is 5.92 Å². The fourth-order valence-corrected chi connectivity index (χ4v) is 2.31. The molecule has 0 saturated heterocycles. The van der Waals surface area contributed by atoms with Gasteiger partial charge in [-0.15, -0.1) is 0 Å². The first-order chi connectivity index (χ1) is 7.69. The lowest BCUT2D eigenvalue weighted by molar-refractivity contribution is -0.120. The molecule has 0 N–H and O–H groups in total. The molecule has 0 aliphatic heterocycles. The van der Waals surface area contributed by atoms with E-state index in [9.17, 15) is 4.79 Å². The average molecular weight is 220 g/mol. The van der Waals surface area contributed by atoms with Crippen molar-refractivity contribution in [1.82, 2.24) is 0 Å². The van der Waals surface area contributed by atoms with E-state index in [1.165, 1.54) is 0 Å². The van der Waals surface area contributed by atoms with Crippen LogP contribution in [-0.2, 0) is 11.2 Å². The van der Waals surface area contributed by atoms with E-state index in [0.717, 1.165) is 29.0 Å². The van der Waals surface area contributed by atoms with Crippen LogP contribution in [0.25, 0.3) is 0 Å². The molecule has 0 fully saturated rings. The molecule has 1 unspecified atom stereocenters. The van der Waals surface area contributed by atoms with Crippen molar-refractivity contribution in [2.75, 3.05) is 14.2 Å². The fourth-order valence-electron chi connectivity index (χ4n) is 2.31. The van der Waals surface area contributed by atoms with Crippen LogP contribution >= 0.6 is 0 Å². The van der Waals surface area contributed by atoms with Gasteiger partial charge in [0.05, 0.1) is 14.2 Å². The number of hydrogen-bond acceptors (Lipinski definition) is 3. The molecular formula is C13H16O3. The number of fused-ring (bicyclic) bond motifs is 1. The minimum Gasteiger partial charge on any atom is -0.493 e. The number of ether oxygens (including phenoxy) is 2. The van der Waals surface area contributed by atoms with Crippen molar-refractivity contribution in [3.63, 3.8) is 0 Å². The van der Waals surface area contributed by atoms with Crippen LogP contribution in [0.3, 0.4) is 0 Å². The number of Topliss-reactive ketones (excluding diaryl/α,β-unsaturated/α-hetero) is 1. The highest BCUT2D eigenvalue weighted by atomic mass is 16.5. The second kappa shape index (κ2) is 4.16. The van der Waals surface area contributed by atoms with Crippen LogP contribution in [-0.4, -0.2) is 20.0 Å². The van der Waals surface area contributed by atoms with E-state index in [0.29, 0.717) is 12.2 Å². The molecule has 86 valence electrons. The molecule has 1 aliphatic carbocycles. The van der Waals surface area contributed by atoms with Crippen molar-refractivity contribution >= 4 is 5.78 Å². The van der Waals surface area contributed by atoms with Gasteiger partial charge in [0.25, 0.3) is 0 Å². The van der Waals surface area contributed by atoms with Crippen molar-refractivity contribution in [2.24, 2.45) is 0 Å². The molecule has 0 amide bonds. The second-order valence-corrected chi connectivity index (χ2v) is 4.06. The molecule has 0 heterocycles. The number of rotatable bonds is 2. The number of methoxy groups -OCH3 is 2. The van der Waals surface area contributed by atoms with Gasteiger partial charge in [-0.1, -0.05) is 13.0 Å². The first kappa shape index (κ1) is 11.0. The highest BCUT2D eigenvalue weighted by Gasteiger charge is 2.27. The van der Waals surface area contributed by atoms with Crippen LogP contribution in [0.15, 0.2) is 12.1 Å². The first-order valence-corrected chi connectivity index (χ1v) is 5.45. The van der Waals surface area contributed by atoms with Gasteiger partial charge in [0.15, 0.2) is 11.5 Å². The Morgan fingerprint density at radius 3 is 2.56 bits per heavy atom. The predicted octanol–water partition coefficient (Wildman–Crippen LogP) is 2.32. The summed E-state index contributed by atoms with van der Waals surface area (Å²) in [6.45, 7) is 1.95. The Hall–Kier alpha value is -1.51. The van der Waals surface area contributed by atoms with Gasteiger partial charge in [-0.05, 0) is 18.1 Å². The van der Waals surface area contributed by atoms with Gasteiger partial charge in [-0.2, -0.15) is 0 Å². The monoisotopic (exact) mass is 220 g/mol. The minimum absolute atomic E-state index is 0.0245. The fraction of sp³-hybridized carbons (Fsp3) is 0.462. The molecule has 3 nitrogen and oxygen atoms in total. The SMILES string of the molecule is COc1ccc2c(c1OC)CCC(=O)C2C. The van der Waals surface area contributed by atoms with Crippen molar-refractivity contribution in [1.29, 1.82) is 0 Å². The highest BCUT2D eigenvalue weighted by Crippen LogP contribution is 2.40. The van der Waals surface area contributed by atoms with Gasteiger partial charge in [-0.3, -0.25) is 4.79 Å². The van der Waals surface area contributed by atoms with E-state index in [4.69, 9.17) is 9.47 Å². The molecular weight excluding hydrogens is 204 g/mol. The molecule has 1 atom stereocenters. The summed E-state index contributed by atoms with van der Waals surface area (Å²) in [6.07, 6.45) is 1.34. The van der Waals surface area contributed by atoms with Crippen LogP contribution in [0.4, 0.5) is 0 Å². The smallest absolute Gasteiger partial charge is 0.164 e. The summed E-state index contributed by atoms with van der Waals surface area (Å²) in [6, 6.07) is 3.84. The maximum atomic E-state index is 11.6. The van der Waals surface area contributed by atoms with Crippen LogP contribution in [0.2, 0.25) is 0 Å². The van der Waals surface area contributed by atoms with Crippen molar-refractivity contribution < 1.29 is 14.3 Å². The van der Waals surface area contributed by atoms with Gasteiger partial charge in [-0.25, -0.2) is 0 Å². The van der Waals surface area contributed by atoms with Crippen LogP contribution in [0.5, 0.6) is 11.5 Å². The molecule has 1 aromatic carbocycles. The van der Waals surface area contributed by atoms with Crippen LogP contribution < -0.4 is 9.47 Å². The average Bonchev–Trinajstić information content (AvgIpc) is 2.32. The standard InChI is InChI=1S/C13H16O3/c1-8-9-5-7-12(15-2)13(16-3)10(9)4-6-11(8)14/h5,7-8H,4,6H2,1-3H3. The summed E-state index contributed by atoms with van der Waals surface area (Å²) in [5.41, 5.74) is 2.20. The second-order valence-electron chi connectivity index (χ2n) is 4.06. The summed E-state index contributed by atoms with van der Waals surface area (Å²) >= 11 is 0. The molecule has 1 aromatic rings. The molecule has 2 rings (SSSR count). The number of benzene rings is 1. The molecule has 3 heteroatoms. The number of carbonyl (C=O) groups excluding carboxylic acids is 1. The third kappa shape index (κ3) is 1.56. The maximum Gasteiger partial charge on any atom is 0.164 e. The number of hydrogen-bond donors (Lipinski definition) is 0. The molecule has 0 saturated carbocycles. The first-order valence-electron chi connectivity index (χ1n) is 5.45. The van der Waals surface area contributed by atoms with E-state index < -0.39 is 0 Å². The normalized spacial score (nSPS) is 19.2. The minimum atomic E-state index is -0.0245. The molecule has 0 spiro atoms. The molecule has 16 heavy (non-hydrogen) atoms. The molecule has 1 aliphatic rings. The largest absolute Gasteiger partial charge is 0.493 e. The van der Waals surface area contributed by atoms with E-state index in [1.54, 1.807) is 14.2 Å². The Balaban J connectivity index is 2.56.